The molecule has 0 spiro atoms. The van der Waals surface area contributed by atoms with Gasteiger partial charge in [0.25, 0.3) is 0 Å². The molecule has 13 heteroatoms. The van der Waals surface area contributed by atoms with Crippen LogP contribution in [0.5, 0.6) is 0 Å². The Labute approximate surface area is 180 Å². The summed E-state index contributed by atoms with van der Waals surface area (Å²) < 4.78 is 26.1. The van der Waals surface area contributed by atoms with E-state index in [4.69, 9.17) is 11.6 Å². The van der Waals surface area contributed by atoms with Crippen molar-refractivity contribution in [1.82, 2.24) is 34.8 Å². The topological polar surface area (TPSA) is 117 Å². The number of piperidine rings is 1. The minimum Gasteiger partial charge on any atom is -0.364 e. The number of carbonyl (C=O) groups is 1. The molecule has 1 saturated heterocycles. The molecule has 1 amide bonds. The number of amides is 1. The van der Waals surface area contributed by atoms with Gasteiger partial charge < -0.3 is 15.5 Å². The van der Waals surface area contributed by atoms with Gasteiger partial charge in [0.15, 0.2) is 5.65 Å². The van der Waals surface area contributed by atoms with Crippen molar-refractivity contribution >= 4 is 46.0 Å². The number of halogens is 3. The number of rotatable bonds is 6. The van der Waals surface area contributed by atoms with Crippen molar-refractivity contribution in [3.05, 3.63) is 30.2 Å². The zero-order valence-electron chi connectivity index (χ0n) is 16.5. The van der Waals surface area contributed by atoms with Crippen molar-refractivity contribution in [3.8, 4) is 0 Å². The lowest BCUT2D eigenvalue weighted by Crippen LogP contribution is -2.48. The quantitative estimate of drug-likeness (QED) is 0.493. The number of alkyl halides is 2. The lowest BCUT2D eigenvalue weighted by atomic mass is 9.93. The Morgan fingerprint density at radius 2 is 2.26 bits per heavy atom. The molecule has 0 aromatic carbocycles. The van der Waals surface area contributed by atoms with Gasteiger partial charge in [-0.1, -0.05) is 25.1 Å². The number of fused-ring (bicyclic) bond motifs is 1. The summed E-state index contributed by atoms with van der Waals surface area (Å²) >= 11 is 6.25. The van der Waals surface area contributed by atoms with Crippen LogP contribution in [0.25, 0.3) is 11.0 Å². The number of H-pyrrole nitrogens is 1. The fraction of sp³-hybridized carbons (Fsp3) is 0.389. The first-order valence-electron chi connectivity index (χ1n) is 9.54. The average Bonchev–Trinajstić information content (AvgIpc) is 3.36. The van der Waals surface area contributed by atoms with Gasteiger partial charge in [0.2, 0.25) is 11.9 Å². The summed E-state index contributed by atoms with van der Waals surface area (Å²) in [5.41, 5.74) is 0.592. The predicted molar refractivity (Wildman–Crippen MR) is 111 cm³/mol. The minimum absolute atomic E-state index is 0.101. The van der Waals surface area contributed by atoms with Crippen molar-refractivity contribution in [2.75, 3.05) is 23.7 Å². The number of hydrogen-bond donors (Lipinski definition) is 3. The Kier molecular flexibility index (Phi) is 5.72. The lowest BCUT2D eigenvalue weighted by Gasteiger charge is -2.37. The van der Waals surface area contributed by atoms with Gasteiger partial charge in [-0.05, 0) is 18.4 Å². The van der Waals surface area contributed by atoms with E-state index >= 15 is 0 Å². The number of hydrogen-bond acceptors (Lipinski definition) is 7. The molecule has 3 N–H and O–H groups in total. The largest absolute Gasteiger partial charge is 0.364 e. The SMILES string of the molecule is C=CC(=O)N1CC[C@@H](C)[C@@H](Nc2nc(Nc3cnn(C(F)F)c3)nc3n[nH]c(Cl)c23)C1. The van der Waals surface area contributed by atoms with E-state index in [1.54, 1.807) is 4.90 Å². The van der Waals surface area contributed by atoms with E-state index < -0.39 is 6.55 Å². The molecular weight excluding hydrogens is 432 g/mol. The van der Waals surface area contributed by atoms with Gasteiger partial charge in [0.1, 0.15) is 16.4 Å². The molecular formula is C18H20ClF2N9O. The van der Waals surface area contributed by atoms with Crippen molar-refractivity contribution in [2.45, 2.75) is 25.9 Å². The van der Waals surface area contributed by atoms with Crippen molar-refractivity contribution in [3.63, 3.8) is 0 Å². The second-order valence-corrected chi connectivity index (χ2v) is 7.63. The average molecular weight is 452 g/mol. The Balaban J connectivity index is 1.63. The van der Waals surface area contributed by atoms with Gasteiger partial charge in [-0.2, -0.15) is 28.9 Å². The van der Waals surface area contributed by atoms with Gasteiger partial charge in [-0.3, -0.25) is 9.89 Å². The van der Waals surface area contributed by atoms with Gasteiger partial charge in [0, 0.05) is 19.1 Å². The molecule has 31 heavy (non-hydrogen) atoms. The Morgan fingerprint density at radius 1 is 1.45 bits per heavy atom. The molecule has 1 fully saturated rings. The highest BCUT2D eigenvalue weighted by Gasteiger charge is 2.29. The summed E-state index contributed by atoms with van der Waals surface area (Å²) in [7, 11) is 0. The number of nitrogens with zero attached hydrogens (tertiary/aromatic N) is 6. The van der Waals surface area contributed by atoms with Crippen LogP contribution in [-0.2, 0) is 4.79 Å². The highest BCUT2D eigenvalue weighted by atomic mass is 35.5. The maximum Gasteiger partial charge on any atom is 0.333 e. The maximum absolute atomic E-state index is 12.8. The molecule has 10 nitrogen and oxygen atoms in total. The van der Waals surface area contributed by atoms with E-state index in [1.165, 1.54) is 12.3 Å². The molecule has 0 aliphatic carbocycles. The van der Waals surface area contributed by atoms with Crippen LogP contribution in [0.2, 0.25) is 5.15 Å². The first kappa shape index (κ1) is 21.0. The summed E-state index contributed by atoms with van der Waals surface area (Å²) in [6, 6.07) is -0.101. The van der Waals surface area contributed by atoms with Crippen LogP contribution in [0.1, 0.15) is 19.9 Å². The van der Waals surface area contributed by atoms with E-state index in [0.717, 1.165) is 12.6 Å². The summed E-state index contributed by atoms with van der Waals surface area (Å²) in [5, 5.41) is 17.3. The smallest absolute Gasteiger partial charge is 0.333 e. The lowest BCUT2D eigenvalue weighted by molar-refractivity contribution is -0.127. The van der Waals surface area contributed by atoms with Gasteiger partial charge in [-0.15, -0.1) is 0 Å². The third kappa shape index (κ3) is 4.29. The van der Waals surface area contributed by atoms with Crippen molar-refractivity contribution < 1.29 is 13.6 Å². The molecule has 4 rings (SSSR count). The summed E-state index contributed by atoms with van der Waals surface area (Å²) in [6.07, 6.45) is 4.49. The molecule has 3 aromatic rings. The summed E-state index contributed by atoms with van der Waals surface area (Å²) in [6.45, 7) is 4.00. The molecule has 0 bridgehead atoms. The van der Waals surface area contributed by atoms with Crippen LogP contribution in [0.15, 0.2) is 25.0 Å². The molecule has 3 aromatic heterocycles. The molecule has 4 heterocycles. The van der Waals surface area contributed by atoms with Crippen LogP contribution in [0.4, 0.5) is 26.2 Å². The van der Waals surface area contributed by atoms with Gasteiger partial charge >= 0.3 is 6.55 Å². The van der Waals surface area contributed by atoms with E-state index in [0.29, 0.717) is 40.3 Å². The van der Waals surface area contributed by atoms with Crippen molar-refractivity contribution in [1.29, 1.82) is 0 Å². The molecule has 2 atom stereocenters. The molecule has 164 valence electrons. The fourth-order valence-electron chi connectivity index (χ4n) is 3.45. The van der Waals surface area contributed by atoms with E-state index in [2.05, 4.69) is 49.4 Å². The first-order valence-corrected chi connectivity index (χ1v) is 9.92. The van der Waals surface area contributed by atoms with Gasteiger partial charge in [-0.25, -0.2) is 4.68 Å². The number of nitrogens with one attached hydrogen (secondary N) is 3. The normalized spacial score (nSPS) is 19.1. The van der Waals surface area contributed by atoms with Crippen LogP contribution >= 0.6 is 11.6 Å². The highest BCUT2D eigenvalue weighted by Crippen LogP contribution is 2.30. The number of carbonyl (C=O) groups excluding carboxylic acids is 1. The number of likely N-dealkylation sites (tertiary alicyclic amines) is 1. The van der Waals surface area contributed by atoms with Crippen LogP contribution in [0.3, 0.4) is 0 Å². The van der Waals surface area contributed by atoms with E-state index in [-0.39, 0.29) is 29.0 Å². The zero-order valence-corrected chi connectivity index (χ0v) is 17.3. The number of aromatic nitrogens is 6. The summed E-state index contributed by atoms with van der Waals surface area (Å²) in [5.74, 6) is 0.670. The minimum atomic E-state index is -2.75. The Hall–Kier alpha value is -3.28. The molecule has 1 aliphatic rings. The second kappa shape index (κ2) is 8.46. The van der Waals surface area contributed by atoms with Crippen LogP contribution < -0.4 is 10.6 Å². The fourth-order valence-corrected chi connectivity index (χ4v) is 3.67. The number of aromatic amines is 1. The molecule has 0 radical (unpaired) electrons. The number of anilines is 3. The van der Waals surface area contributed by atoms with Crippen LogP contribution in [0, 0.1) is 5.92 Å². The van der Waals surface area contributed by atoms with Gasteiger partial charge in [0.05, 0.1) is 18.1 Å². The molecule has 1 aliphatic heterocycles. The zero-order chi connectivity index (χ0) is 22.1. The standard InChI is InChI=1S/C18H20ClF2N9O/c1-3-12(31)29-5-4-9(2)11(8-29)24-15-13-14(19)27-28-16(13)26-18(25-15)23-10-6-22-30(7-10)17(20)21/h3,6-7,9,11,17H,1,4-5,8H2,2H3,(H3,23,24,25,26,27,28)/t9-,11+/m1/s1. The Morgan fingerprint density at radius 3 is 2.97 bits per heavy atom. The second-order valence-electron chi connectivity index (χ2n) is 7.25. The first-order chi connectivity index (χ1) is 14.9. The molecule has 0 unspecified atom stereocenters. The monoisotopic (exact) mass is 451 g/mol. The van der Waals surface area contributed by atoms with Crippen LogP contribution in [-0.4, -0.2) is 59.9 Å². The highest BCUT2D eigenvalue weighted by molar-refractivity contribution is 6.35. The maximum atomic E-state index is 12.8. The van der Waals surface area contributed by atoms with Crippen molar-refractivity contribution in [2.24, 2.45) is 5.92 Å². The third-order valence-corrected chi connectivity index (χ3v) is 5.47. The molecule has 0 saturated carbocycles. The predicted octanol–water partition coefficient (Wildman–Crippen LogP) is 3.18. The third-order valence-electron chi connectivity index (χ3n) is 5.19. The van der Waals surface area contributed by atoms with E-state index in [1.807, 2.05) is 0 Å². The summed E-state index contributed by atoms with van der Waals surface area (Å²) in [4.78, 5) is 22.5. The van der Waals surface area contributed by atoms with E-state index in [9.17, 15) is 13.6 Å². The Bertz CT molecular complexity index is 1110.